The van der Waals surface area contributed by atoms with E-state index in [0.717, 1.165) is 39.7 Å². The number of fused-ring (bicyclic) bond motifs is 1. The zero-order chi connectivity index (χ0) is 37.4. The summed E-state index contributed by atoms with van der Waals surface area (Å²) < 4.78 is 58.2. The highest BCUT2D eigenvalue weighted by molar-refractivity contribution is 6.32. The molecule has 3 aromatic rings. The first-order chi connectivity index (χ1) is 23.9. The number of aromatic nitrogens is 1. The maximum Gasteiger partial charge on any atom is 0.416 e. The summed E-state index contributed by atoms with van der Waals surface area (Å²) in [6.45, 7) is 8.39. The van der Waals surface area contributed by atoms with E-state index in [0.29, 0.717) is 55.1 Å². The highest BCUT2D eigenvalue weighted by Crippen LogP contribution is 2.41. The van der Waals surface area contributed by atoms with Crippen LogP contribution in [-0.4, -0.2) is 52.4 Å². The zero-order valence-electron chi connectivity index (χ0n) is 29.6. The molecule has 12 heteroatoms. The van der Waals surface area contributed by atoms with Gasteiger partial charge in [-0.1, -0.05) is 19.9 Å². The van der Waals surface area contributed by atoms with Gasteiger partial charge in [-0.3, -0.25) is 14.4 Å². The van der Waals surface area contributed by atoms with Crippen molar-refractivity contribution in [3.63, 3.8) is 0 Å². The number of ketones is 1. The number of nitrogens with one attached hydrogen (secondary N) is 1. The molecule has 0 radical (unpaired) electrons. The molecule has 1 aliphatic heterocycles. The van der Waals surface area contributed by atoms with E-state index in [-0.39, 0.29) is 23.7 Å². The predicted octanol–water partition coefficient (Wildman–Crippen LogP) is 7.08. The van der Waals surface area contributed by atoms with Gasteiger partial charge in [-0.2, -0.15) is 13.2 Å². The minimum Gasteiger partial charge on any atom is -0.475 e. The number of alkyl halides is 3. The number of amides is 1. The van der Waals surface area contributed by atoms with Gasteiger partial charge in [0, 0.05) is 18.7 Å². The number of carboxylic acids is 1. The van der Waals surface area contributed by atoms with Crippen LogP contribution >= 0.6 is 0 Å². The van der Waals surface area contributed by atoms with Gasteiger partial charge >= 0.3 is 12.1 Å². The first-order valence-electron chi connectivity index (χ1n) is 17.5. The Hall–Kier alpha value is -4.32. The number of hydrogen-bond acceptors (Lipinski definition) is 5. The number of carbonyl (C=O) groups is 3. The van der Waals surface area contributed by atoms with Crippen LogP contribution in [0.1, 0.15) is 103 Å². The van der Waals surface area contributed by atoms with E-state index in [4.69, 9.17) is 0 Å². The summed E-state index contributed by atoms with van der Waals surface area (Å²) in [4.78, 5) is 54.3. The van der Waals surface area contributed by atoms with Crippen LogP contribution < -0.4 is 10.9 Å². The SMILES string of the molecule is Cc1cc(F)cc(C)c1-c1cc(C(CC(=O)C(=O)O)NC(=O)C(CC(C)C)n2cc(C3CCN(C)CC3)c(C(F)(F)F)cc2=O)cc2c1CCC2. The van der Waals surface area contributed by atoms with Crippen LogP contribution in [0.4, 0.5) is 17.6 Å². The molecule has 2 aromatic carbocycles. The van der Waals surface area contributed by atoms with Gasteiger partial charge in [0.25, 0.3) is 5.56 Å². The van der Waals surface area contributed by atoms with E-state index in [1.165, 1.54) is 18.3 Å². The number of nitrogens with zero attached hydrogens (tertiary/aromatic N) is 2. The molecule has 0 spiro atoms. The summed E-state index contributed by atoms with van der Waals surface area (Å²) >= 11 is 0. The number of carbonyl (C=O) groups excluding carboxylic acids is 2. The highest BCUT2D eigenvalue weighted by atomic mass is 19.4. The van der Waals surface area contributed by atoms with Crippen LogP contribution in [0.2, 0.25) is 0 Å². The lowest BCUT2D eigenvalue weighted by atomic mass is 9.86. The topological polar surface area (TPSA) is 109 Å². The number of halogens is 4. The number of benzene rings is 2. The third-order valence-electron chi connectivity index (χ3n) is 10.3. The first-order valence-corrected chi connectivity index (χ1v) is 17.5. The number of rotatable bonds is 11. The number of aryl methyl sites for hydroxylation is 3. The molecule has 1 aromatic heterocycles. The summed E-state index contributed by atoms with van der Waals surface area (Å²) in [5.41, 5.74) is 3.45. The van der Waals surface area contributed by atoms with Gasteiger partial charge in [0.2, 0.25) is 11.7 Å². The maximum atomic E-state index is 14.3. The van der Waals surface area contributed by atoms with Crippen LogP contribution in [0.15, 0.2) is 41.3 Å². The molecule has 2 unspecified atom stereocenters. The van der Waals surface area contributed by atoms with Crippen molar-refractivity contribution < 1.29 is 37.1 Å². The van der Waals surface area contributed by atoms with Gasteiger partial charge < -0.3 is 19.9 Å². The quantitative estimate of drug-likeness (QED) is 0.163. The Labute approximate surface area is 294 Å². The van der Waals surface area contributed by atoms with E-state index in [1.54, 1.807) is 19.9 Å². The Morgan fingerprint density at radius 2 is 1.65 bits per heavy atom. The largest absolute Gasteiger partial charge is 0.475 e. The van der Waals surface area contributed by atoms with Gasteiger partial charge in [0.15, 0.2) is 0 Å². The molecule has 0 bridgehead atoms. The van der Waals surface area contributed by atoms with Gasteiger partial charge in [-0.05, 0) is 147 Å². The van der Waals surface area contributed by atoms with Gasteiger partial charge in [0.1, 0.15) is 11.9 Å². The predicted molar refractivity (Wildman–Crippen MR) is 185 cm³/mol. The van der Waals surface area contributed by atoms with Crippen molar-refractivity contribution in [2.75, 3.05) is 20.1 Å². The van der Waals surface area contributed by atoms with Crippen molar-refractivity contribution in [3.8, 4) is 11.1 Å². The van der Waals surface area contributed by atoms with Crippen molar-refractivity contribution in [2.24, 2.45) is 5.92 Å². The van der Waals surface area contributed by atoms with Crippen molar-refractivity contribution in [1.82, 2.24) is 14.8 Å². The Bertz CT molecular complexity index is 1870. The summed E-state index contributed by atoms with van der Waals surface area (Å²) in [5, 5.41) is 12.4. The summed E-state index contributed by atoms with van der Waals surface area (Å²) in [6.07, 6.45) is -0.884. The minimum atomic E-state index is -4.78. The smallest absolute Gasteiger partial charge is 0.416 e. The van der Waals surface area contributed by atoms with Crippen molar-refractivity contribution in [2.45, 2.75) is 96.8 Å². The molecule has 8 nitrogen and oxygen atoms in total. The average Bonchev–Trinajstić information content (AvgIpc) is 3.52. The number of aliphatic carboxylic acids is 1. The summed E-state index contributed by atoms with van der Waals surface area (Å²) in [5.74, 6) is -4.57. The lowest BCUT2D eigenvalue weighted by molar-refractivity contribution is -0.149. The summed E-state index contributed by atoms with van der Waals surface area (Å²) in [7, 11) is 1.89. The van der Waals surface area contributed by atoms with Gasteiger partial charge in [-0.15, -0.1) is 0 Å². The molecule has 2 N–H and O–H groups in total. The molecule has 1 aliphatic carbocycles. The molecule has 5 rings (SSSR count). The normalized spacial score (nSPS) is 16.6. The lowest BCUT2D eigenvalue weighted by Gasteiger charge is -2.32. The molecule has 0 saturated carbocycles. The lowest BCUT2D eigenvalue weighted by Crippen LogP contribution is -2.41. The highest BCUT2D eigenvalue weighted by Gasteiger charge is 2.38. The molecule has 2 aliphatic rings. The average molecular weight is 712 g/mol. The number of hydrogen-bond donors (Lipinski definition) is 2. The third-order valence-corrected chi connectivity index (χ3v) is 10.3. The Kier molecular flexibility index (Phi) is 11.2. The van der Waals surface area contributed by atoms with Crippen molar-refractivity contribution in [1.29, 1.82) is 0 Å². The standard InChI is InChI=1S/C39H45F4N3O5/c1-21(2)13-33(46-20-30(24-9-11-45(5)12-10-24)31(18-35(46)48)39(41,42)43)37(49)44-32(19-34(47)38(50)51)26-16-25-7-6-8-28(25)29(17-26)36-22(3)14-27(40)15-23(36)4/h14-18,20-21,24,32-33H,6-13,19H2,1-5H3,(H,44,49)(H,50,51). The molecule has 1 amide bonds. The van der Waals surface area contributed by atoms with E-state index < -0.39 is 59.4 Å². The van der Waals surface area contributed by atoms with E-state index in [9.17, 15) is 41.8 Å². The van der Waals surface area contributed by atoms with Crippen LogP contribution in [0, 0.1) is 25.6 Å². The second-order valence-corrected chi connectivity index (χ2v) is 14.6. The summed E-state index contributed by atoms with van der Waals surface area (Å²) in [6, 6.07) is 4.70. The molecule has 274 valence electrons. The molecule has 1 fully saturated rings. The molecular formula is C39H45F4N3O5. The minimum absolute atomic E-state index is 0.0392. The zero-order valence-corrected chi connectivity index (χ0v) is 29.6. The van der Waals surface area contributed by atoms with E-state index in [1.807, 2.05) is 31.9 Å². The number of likely N-dealkylation sites (tertiary alicyclic amines) is 1. The van der Waals surface area contributed by atoms with Crippen molar-refractivity contribution in [3.05, 3.63) is 91.6 Å². The number of pyridine rings is 1. The molecule has 2 heterocycles. The second-order valence-electron chi connectivity index (χ2n) is 14.6. The number of carboxylic acid groups (broad SMARTS) is 1. The van der Waals surface area contributed by atoms with Crippen LogP contribution in [0.25, 0.3) is 11.1 Å². The Morgan fingerprint density at radius 1 is 1.00 bits per heavy atom. The van der Waals surface area contributed by atoms with E-state index in [2.05, 4.69) is 5.32 Å². The monoisotopic (exact) mass is 711 g/mol. The fourth-order valence-corrected chi connectivity index (χ4v) is 7.77. The van der Waals surface area contributed by atoms with Crippen LogP contribution in [0.3, 0.4) is 0 Å². The number of Topliss-reactive ketones (excluding diaryl/α,β-unsaturated/α-hetero) is 1. The van der Waals surface area contributed by atoms with Crippen LogP contribution in [-0.2, 0) is 33.4 Å². The molecule has 51 heavy (non-hydrogen) atoms. The number of piperidine rings is 1. The fraction of sp³-hybridized carbons (Fsp3) is 0.487. The first kappa shape index (κ1) is 37.9. The van der Waals surface area contributed by atoms with Gasteiger partial charge in [-0.25, -0.2) is 9.18 Å². The Morgan fingerprint density at radius 3 is 2.24 bits per heavy atom. The molecule has 1 saturated heterocycles. The third kappa shape index (κ3) is 8.43. The van der Waals surface area contributed by atoms with Crippen molar-refractivity contribution >= 4 is 17.7 Å². The second kappa shape index (κ2) is 15.1. The van der Waals surface area contributed by atoms with Crippen LogP contribution in [0.5, 0.6) is 0 Å². The fourth-order valence-electron chi connectivity index (χ4n) is 7.77. The molecular weight excluding hydrogens is 666 g/mol. The Balaban J connectivity index is 1.60. The molecule has 2 atom stereocenters. The van der Waals surface area contributed by atoms with E-state index >= 15 is 0 Å². The maximum absolute atomic E-state index is 14.3. The van der Waals surface area contributed by atoms with Gasteiger partial charge in [0.05, 0.1) is 11.6 Å².